The largest absolute Gasteiger partial charge is 0.461 e. The summed E-state index contributed by atoms with van der Waals surface area (Å²) < 4.78 is 7.41. The third kappa shape index (κ3) is 3.40. The number of pyridine rings is 1. The van der Waals surface area contributed by atoms with Gasteiger partial charge in [-0.3, -0.25) is 0 Å². The molecule has 0 saturated heterocycles. The Morgan fingerprint density at radius 2 is 1.74 bits per heavy atom. The van der Waals surface area contributed by atoms with Crippen LogP contribution in [0.3, 0.4) is 0 Å². The Kier molecular flexibility index (Phi) is 5.47. The normalized spacial score (nSPS) is 10.7. The molecule has 27 heavy (non-hydrogen) atoms. The molecule has 138 valence electrons. The molecule has 0 aliphatic rings. The predicted molar refractivity (Wildman–Crippen MR) is 111 cm³/mol. The van der Waals surface area contributed by atoms with Crippen LogP contribution in [0.1, 0.15) is 28.7 Å². The Balaban J connectivity index is 0.00000210. The number of aryl methyl sites for hydroxylation is 1. The van der Waals surface area contributed by atoms with Crippen LogP contribution in [0.4, 0.5) is 0 Å². The number of esters is 1. The number of benzene rings is 2. The summed E-state index contributed by atoms with van der Waals surface area (Å²) >= 11 is 0. The highest BCUT2D eigenvalue weighted by Crippen LogP contribution is 2.31. The highest BCUT2D eigenvalue weighted by atomic mass is 35.5. The molecule has 0 saturated carbocycles. The number of halogens is 1. The van der Waals surface area contributed by atoms with Crippen LogP contribution < -0.4 is 0 Å². The molecule has 2 aromatic carbocycles. The van der Waals surface area contributed by atoms with E-state index in [1.165, 1.54) is 5.56 Å². The Hall–Kier alpha value is -2.85. The van der Waals surface area contributed by atoms with Crippen molar-refractivity contribution in [3.8, 4) is 0 Å². The van der Waals surface area contributed by atoms with Crippen molar-refractivity contribution in [3.63, 3.8) is 0 Å². The summed E-state index contributed by atoms with van der Waals surface area (Å²) in [6, 6.07) is 20.5. The number of rotatable bonds is 4. The van der Waals surface area contributed by atoms with Gasteiger partial charge in [0.2, 0.25) is 0 Å². The Morgan fingerprint density at radius 3 is 2.48 bits per heavy atom. The number of carbonyl (C=O) groups is 1. The molecule has 0 radical (unpaired) electrons. The third-order valence-corrected chi connectivity index (χ3v) is 4.59. The lowest BCUT2D eigenvalue weighted by Gasteiger charge is -2.10. The Bertz CT molecular complexity index is 1100. The van der Waals surface area contributed by atoms with Gasteiger partial charge in [0.25, 0.3) is 0 Å². The van der Waals surface area contributed by atoms with E-state index in [1.807, 2.05) is 43.3 Å². The Morgan fingerprint density at radius 1 is 1.04 bits per heavy atom. The molecule has 0 fully saturated rings. The minimum absolute atomic E-state index is 0. The molecule has 2 heterocycles. The van der Waals surface area contributed by atoms with Gasteiger partial charge >= 0.3 is 5.97 Å². The van der Waals surface area contributed by atoms with Crippen LogP contribution in [0.5, 0.6) is 0 Å². The van der Waals surface area contributed by atoms with Crippen molar-refractivity contribution < 1.29 is 9.53 Å². The van der Waals surface area contributed by atoms with E-state index in [4.69, 9.17) is 4.74 Å². The summed E-state index contributed by atoms with van der Waals surface area (Å²) in [6.45, 7) is 4.85. The first-order valence-corrected chi connectivity index (χ1v) is 8.78. The number of nitrogens with zero attached hydrogens (tertiary/aromatic N) is 2. The highest BCUT2D eigenvalue weighted by molar-refractivity contribution is 6.10. The van der Waals surface area contributed by atoms with Crippen molar-refractivity contribution in [2.24, 2.45) is 0 Å². The molecule has 4 aromatic rings. The predicted octanol–water partition coefficient (Wildman–Crippen LogP) is 5.14. The molecule has 0 unspecified atom stereocenters. The van der Waals surface area contributed by atoms with Crippen molar-refractivity contribution in [2.75, 3.05) is 6.61 Å². The van der Waals surface area contributed by atoms with Gasteiger partial charge in [-0.1, -0.05) is 48.5 Å². The smallest absolute Gasteiger partial charge is 0.356 e. The molecule has 0 spiro atoms. The molecule has 2 aromatic heterocycles. The second-order valence-corrected chi connectivity index (χ2v) is 6.30. The van der Waals surface area contributed by atoms with E-state index < -0.39 is 0 Å². The first-order chi connectivity index (χ1) is 12.7. The summed E-state index contributed by atoms with van der Waals surface area (Å²) in [4.78, 5) is 16.7. The standard InChI is InChI=1S/C22H20N2O2.ClH/c1-3-26-22(25)19-13-18-17-11-7-8-12-20(17)24(21(18)15(2)23-19)14-16-9-5-4-6-10-16;/h4-13H,3,14H2,1-2H3;1H. The van der Waals surface area contributed by atoms with Gasteiger partial charge in [0, 0.05) is 22.8 Å². The molecule has 0 amide bonds. The lowest BCUT2D eigenvalue weighted by molar-refractivity contribution is 0.0519. The van der Waals surface area contributed by atoms with Crippen LogP contribution in [0.15, 0.2) is 60.7 Å². The van der Waals surface area contributed by atoms with Gasteiger partial charge in [0.1, 0.15) is 5.69 Å². The lowest BCUT2D eigenvalue weighted by Crippen LogP contribution is -2.09. The number of hydrogen-bond donors (Lipinski definition) is 0. The number of para-hydroxylation sites is 1. The van der Waals surface area contributed by atoms with Crippen LogP contribution in [-0.2, 0) is 11.3 Å². The molecule has 4 nitrogen and oxygen atoms in total. The molecule has 0 aliphatic carbocycles. The summed E-state index contributed by atoms with van der Waals surface area (Å²) in [7, 11) is 0. The van der Waals surface area contributed by atoms with Crippen molar-refractivity contribution in [3.05, 3.63) is 77.6 Å². The van der Waals surface area contributed by atoms with Crippen LogP contribution in [-0.4, -0.2) is 22.1 Å². The van der Waals surface area contributed by atoms with Gasteiger partial charge in [-0.15, -0.1) is 12.4 Å². The number of aromatic nitrogens is 2. The van der Waals surface area contributed by atoms with E-state index in [0.717, 1.165) is 34.0 Å². The average molecular weight is 381 g/mol. The van der Waals surface area contributed by atoms with Crippen LogP contribution in [0, 0.1) is 6.92 Å². The zero-order chi connectivity index (χ0) is 18.1. The van der Waals surface area contributed by atoms with Crippen LogP contribution in [0.2, 0.25) is 0 Å². The lowest BCUT2D eigenvalue weighted by atomic mass is 10.1. The third-order valence-electron chi connectivity index (χ3n) is 4.59. The number of hydrogen-bond acceptors (Lipinski definition) is 3. The molecular weight excluding hydrogens is 360 g/mol. The maximum Gasteiger partial charge on any atom is 0.356 e. The molecule has 4 rings (SSSR count). The van der Waals surface area contributed by atoms with Gasteiger partial charge in [0.05, 0.1) is 17.8 Å². The van der Waals surface area contributed by atoms with Gasteiger partial charge in [-0.05, 0) is 31.5 Å². The van der Waals surface area contributed by atoms with Crippen molar-refractivity contribution in [1.29, 1.82) is 0 Å². The van der Waals surface area contributed by atoms with Gasteiger partial charge in [-0.25, -0.2) is 9.78 Å². The summed E-state index contributed by atoms with van der Waals surface area (Å²) in [5, 5.41) is 2.15. The maximum absolute atomic E-state index is 12.2. The fraction of sp³-hybridized carbons (Fsp3) is 0.182. The SMILES string of the molecule is CCOC(=O)c1cc2c3ccccc3n(Cc3ccccc3)c2c(C)n1.Cl. The number of fused-ring (bicyclic) bond motifs is 3. The molecular formula is C22H21ClN2O2. The first-order valence-electron chi connectivity index (χ1n) is 8.78. The fourth-order valence-corrected chi connectivity index (χ4v) is 3.51. The second kappa shape index (κ2) is 7.80. The van der Waals surface area contributed by atoms with Crippen LogP contribution in [0.25, 0.3) is 21.8 Å². The van der Waals surface area contributed by atoms with E-state index in [1.54, 1.807) is 6.92 Å². The molecule has 0 atom stereocenters. The first kappa shape index (κ1) is 18.9. The summed E-state index contributed by atoms with van der Waals surface area (Å²) in [5.41, 5.74) is 4.61. The second-order valence-electron chi connectivity index (χ2n) is 6.30. The van der Waals surface area contributed by atoms with E-state index in [9.17, 15) is 4.79 Å². The maximum atomic E-state index is 12.2. The minimum atomic E-state index is -0.377. The van der Waals surface area contributed by atoms with E-state index in [2.05, 4.69) is 33.8 Å². The number of ether oxygens (including phenoxy) is 1. The quantitative estimate of drug-likeness (QED) is 0.460. The van der Waals surface area contributed by atoms with Gasteiger partial charge in [0.15, 0.2) is 0 Å². The zero-order valence-electron chi connectivity index (χ0n) is 15.3. The molecule has 0 N–H and O–H groups in total. The van der Waals surface area contributed by atoms with E-state index >= 15 is 0 Å². The van der Waals surface area contributed by atoms with E-state index in [0.29, 0.717) is 12.3 Å². The topological polar surface area (TPSA) is 44.1 Å². The van der Waals surface area contributed by atoms with E-state index in [-0.39, 0.29) is 18.4 Å². The molecule has 5 heteroatoms. The zero-order valence-corrected chi connectivity index (χ0v) is 16.1. The summed E-state index contributed by atoms with van der Waals surface area (Å²) in [6.07, 6.45) is 0. The Labute approximate surface area is 164 Å². The molecule has 0 bridgehead atoms. The monoisotopic (exact) mass is 380 g/mol. The average Bonchev–Trinajstić information content (AvgIpc) is 2.97. The molecule has 0 aliphatic heterocycles. The minimum Gasteiger partial charge on any atom is -0.461 e. The highest BCUT2D eigenvalue weighted by Gasteiger charge is 2.18. The van der Waals surface area contributed by atoms with Gasteiger partial charge in [-0.2, -0.15) is 0 Å². The van der Waals surface area contributed by atoms with Crippen molar-refractivity contribution >= 4 is 40.2 Å². The fourth-order valence-electron chi connectivity index (χ4n) is 3.51. The van der Waals surface area contributed by atoms with Crippen LogP contribution >= 0.6 is 12.4 Å². The summed E-state index contributed by atoms with van der Waals surface area (Å²) in [5.74, 6) is -0.377. The van der Waals surface area contributed by atoms with Gasteiger partial charge < -0.3 is 9.30 Å². The number of carbonyl (C=O) groups excluding carboxylic acids is 1. The van der Waals surface area contributed by atoms with Crippen molar-refractivity contribution in [1.82, 2.24) is 9.55 Å². The van der Waals surface area contributed by atoms with Crippen molar-refractivity contribution in [2.45, 2.75) is 20.4 Å².